The van der Waals surface area contributed by atoms with Crippen molar-refractivity contribution in [1.82, 2.24) is 9.36 Å². The highest BCUT2D eigenvalue weighted by Gasteiger charge is 2.21. The molecule has 0 unspecified atom stereocenters. The first-order valence-electron chi connectivity index (χ1n) is 6.99. The predicted octanol–water partition coefficient (Wildman–Crippen LogP) is 2.79. The summed E-state index contributed by atoms with van der Waals surface area (Å²) in [4.78, 5) is 15.6. The highest BCUT2D eigenvalue weighted by molar-refractivity contribution is 7.93. The molecule has 1 aromatic heterocycles. The van der Waals surface area contributed by atoms with Gasteiger partial charge in [0, 0.05) is 16.6 Å². The average Bonchev–Trinajstić information content (AvgIpc) is 2.86. The number of halogens is 1. The monoisotopic (exact) mass is 389 g/mol. The summed E-state index contributed by atoms with van der Waals surface area (Å²) < 4.78 is 36.2. The number of ether oxygens (including phenoxy) is 1. The third-order valence-corrected chi connectivity index (χ3v) is 5.56. The SMILES string of the molecule is Cc1c(Cl)cccc1S(=O)(=O)Nc1nc(CC(=O)OC(C)C)ns1. The van der Waals surface area contributed by atoms with Crippen molar-refractivity contribution < 1.29 is 17.9 Å². The second-order valence-electron chi connectivity index (χ2n) is 5.20. The van der Waals surface area contributed by atoms with Crippen LogP contribution in [0.15, 0.2) is 23.1 Å². The molecule has 0 radical (unpaired) electrons. The highest BCUT2D eigenvalue weighted by atomic mass is 35.5. The zero-order chi connectivity index (χ0) is 17.9. The molecule has 24 heavy (non-hydrogen) atoms. The molecule has 7 nitrogen and oxygen atoms in total. The lowest BCUT2D eigenvalue weighted by molar-refractivity contribution is -0.146. The second kappa shape index (κ2) is 7.45. The fourth-order valence-corrected chi connectivity index (χ4v) is 4.16. The van der Waals surface area contributed by atoms with Gasteiger partial charge in [-0.1, -0.05) is 17.7 Å². The van der Waals surface area contributed by atoms with E-state index in [-0.39, 0.29) is 28.4 Å². The van der Waals surface area contributed by atoms with Crippen molar-refractivity contribution >= 4 is 44.3 Å². The Bertz CT molecular complexity index is 849. The van der Waals surface area contributed by atoms with Crippen LogP contribution in [0.5, 0.6) is 0 Å². The number of carbonyl (C=O) groups excluding carboxylic acids is 1. The summed E-state index contributed by atoms with van der Waals surface area (Å²) in [7, 11) is -3.84. The summed E-state index contributed by atoms with van der Waals surface area (Å²) in [5, 5.41) is 0.425. The Morgan fingerprint density at radius 3 is 2.79 bits per heavy atom. The van der Waals surface area contributed by atoms with E-state index in [1.54, 1.807) is 32.9 Å². The van der Waals surface area contributed by atoms with Gasteiger partial charge in [0.05, 0.1) is 11.0 Å². The number of sulfonamides is 1. The number of nitrogens with zero attached hydrogens (tertiary/aromatic N) is 2. The first-order valence-corrected chi connectivity index (χ1v) is 9.62. The number of aromatic nitrogens is 2. The van der Waals surface area contributed by atoms with E-state index in [1.807, 2.05) is 0 Å². The molecule has 0 aliphatic rings. The zero-order valence-electron chi connectivity index (χ0n) is 13.2. The van der Waals surface area contributed by atoms with Crippen LogP contribution in [-0.4, -0.2) is 29.8 Å². The molecule has 0 atom stereocenters. The van der Waals surface area contributed by atoms with Crippen molar-refractivity contribution in [2.75, 3.05) is 4.72 Å². The van der Waals surface area contributed by atoms with Gasteiger partial charge in [-0.3, -0.25) is 9.52 Å². The Morgan fingerprint density at radius 1 is 1.42 bits per heavy atom. The maximum absolute atomic E-state index is 12.4. The van der Waals surface area contributed by atoms with Crippen LogP contribution in [-0.2, 0) is 26.0 Å². The van der Waals surface area contributed by atoms with Gasteiger partial charge in [-0.25, -0.2) is 13.4 Å². The molecule has 10 heteroatoms. The van der Waals surface area contributed by atoms with E-state index in [1.165, 1.54) is 6.07 Å². The molecule has 2 aromatic rings. The lowest BCUT2D eigenvalue weighted by Crippen LogP contribution is -2.15. The number of benzene rings is 1. The average molecular weight is 390 g/mol. The summed E-state index contributed by atoms with van der Waals surface area (Å²) in [6.07, 6.45) is -0.355. The van der Waals surface area contributed by atoms with Crippen molar-refractivity contribution in [2.45, 2.75) is 38.2 Å². The van der Waals surface area contributed by atoms with Crippen LogP contribution in [0.4, 0.5) is 5.13 Å². The van der Waals surface area contributed by atoms with Crippen molar-refractivity contribution in [1.29, 1.82) is 0 Å². The van der Waals surface area contributed by atoms with Crippen LogP contribution >= 0.6 is 23.1 Å². The maximum atomic E-state index is 12.4. The summed E-state index contributed by atoms with van der Waals surface area (Å²) in [5.41, 5.74) is 0.442. The van der Waals surface area contributed by atoms with Gasteiger partial charge >= 0.3 is 5.97 Å². The van der Waals surface area contributed by atoms with Crippen molar-refractivity contribution in [2.24, 2.45) is 0 Å². The number of hydrogen-bond donors (Lipinski definition) is 1. The van der Waals surface area contributed by atoms with Gasteiger partial charge < -0.3 is 4.74 Å². The normalized spacial score (nSPS) is 11.5. The smallest absolute Gasteiger partial charge is 0.313 e. The number of hydrogen-bond acceptors (Lipinski definition) is 7. The third-order valence-electron chi connectivity index (χ3n) is 2.87. The van der Waals surface area contributed by atoms with Crippen molar-refractivity contribution in [3.63, 3.8) is 0 Å². The number of esters is 1. The van der Waals surface area contributed by atoms with E-state index in [9.17, 15) is 13.2 Å². The van der Waals surface area contributed by atoms with Crippen LogP contribution < -0.4 is 4.72 Å². The quantitative estimate of drug-likeness (QED) is 0.763. The van der Waals surface area contributed by atoms with Crippen LogP contribution in [0, 0.1) is 6.92 Å². The van der Waals surface area contributed by atoms with Gasteiger partial charge in [0.15, 0.2) is 5.82 Å². The number of rotatable bonds is 6. The zero-order valence-corrected chi connectivity index (χ0v) is 15.6. The summed E-state index contributed by atoms with van der Waals surface area (Å²) in [6, 6.07) is 4.61. The molecule has 0 fully saturated rings. The molecule has 0 saturated carbocycles. The van der Waals surface area contributed by atoms with Gasteiger partial charge in [-0.2, -0.15) is 4.37 Å². The standard InChI is InChI=1S/C14H16ClN3O4S2/c1-8(2)22-13(19)7-12-16-14(23-17-12)18-24(20,21)11-6-4-5-10(15)9(11)3/h4-6,8H,7H2,1-3H3,(H,16,17,18). The number of anilines is 1. The lowest BCUT2D eigenvalue weighted by atomic mass is 10.2. The third kappa shape index (κ3) is 4.65. The Hall–Kier alpha value is -1.71. The van der Waals surface area contributed by atoms with Gasteiger partial charge in [0.2, 0.25) is 5.13 Å². The van der Waals surface area contributed by atoms with E-state index >= 15 is 0 Å². The van der Waals surface area contributed by atoms with Gasteiger partial charge in [0.25, 0.3) is 10.0 Å². The molecule has 0 saturated heterocycles. The lowest BCUT2D eigenvalue weighted by Gasteiger charge is -2.08. The first-order chi connectivity index (χ1) is 11.2. The largest absolute Gasteiger partial charge is 0.463 e. The number of carbonyl (C=O) groups is 1. The summed E-state index contributed by atoms with van der Waals surface area (Å²) >= 11 is 6.81. The van der Waals surface area contributed by atoms with Crippen molar-refractivity contribution in [3.05, 3.63) is 34.6 Å². The highest BCUT2D eigenvalue weighted by Crippen LogP contribution is 2.25. The minimum Gasteiger partial charge on any atom is -0.463 e. The fraction of sp³-hybridized carbons (Fsp3) is 0.357. The first kappa shape index (κ1) is 18.6. The Labute approximate surface area is 149 Å². The molecule has 2 rings (SSSR count). The van der Waals surface area contributed by atoms with Crippen LogP contribution in [0.3, 0.4) is 0 Å². The Balaban J connectivity index is 2.14. The van der Waals surface area contributed by atoms with Gasteiger partial charge in [0.1, 0.15) is 6.42 Å². The van der Waals surface area contributed by atoms with Crippen LogP contribution in [0.25, 0.3) is 0 Å². The Kier molecular flexibility index (Phi) is 5.79. The minimum absolute atomic E-state index is 0.0611. The molecule has 1 aromatic carbocycles. The second-order valence-corrected chi connectivity index (χ2v) is 8.01. The molecule has 0 aliphatic heterocycles. The topological polar surface area (TPSA) is 98.2 Å². The molecule has 0 aliphatic carbocycles. The summed E-state index contributed by atoms with van der Waals surface area (Å²) in [6.45, 7) is 5.09. The van der Waals surface area contributed by atoms with E-state index in [4.69, 9.17) is 16.3 Å². The molecule has 0 amide bonds. The number of nitrogens with one attached hydrogen (secondary N) is 1. The van der Waals surface area contributed by atoms with Gasteiger partial charge in [-0.15, -0.1) is 0 Å². The molecule has 0 spiro atoms. The van der Waals surface area contributed by atoms with Crippen LogP contribution in [0.2, 0.25) is 5.02 Å². The molecule has 1 N–H and O–H groups in total. The summed E-state index contributed by atoms with van der Waals surface area (Å²) in [5.74, 6) is -0.269. The van der Waals surface area contributed by atoms with Crippen LogP contribution in [0.1, 0.15) is 25.2 Å². The van der Waals surface area contributed by atoms with E-state index in [0.29, 0.717) is 10.6 Å². The van der Waals surface area contributed by atoms with E-state index < -0.39 is 16.0 Å². The molecular weight excluding hydrogens is 374 g/mol. The molecular formula is C14H16ClN3O4S2. The van der Waals surface area contributed by atoms with Crippen molar-refractivity contribution in [3.8, 4) is 0 Å². The van der Waals surface area contributed by atoms with Gasteiger partial charge in [-0.05, 0) is 38.5 Å². The molecule has 1 heterocycles. The fourth-order valence-electron chi connectivity index (χ4n) is 1.85. The maximum Gasteiger partial charge on any atom is 0.313 e. The molecule has 130 valence electrons. The predicted molar refractivity (Wildman–Crippen MR) is 91.8 cm³/mol. The Morgan fingerprint density at radius 2 is 2.12 bits per heavy atom. The van der Waals surface area contributed by atoms with E-state index in [0.717, 1.165) is 11.5 Å². The molecule has 0 bridgehead atoms. The minimum atomic E-state index is -3.84. The van der Waals surface area contributed by atoms with E-state index in [2.05, 4.69) is 14.1 Å².